The van der Waals surface area contributed by atoms with Gasteiger partial charge in [-0.2, -0.15) is 0 Å². The van der Waals surface area contributed by atoms with Crippen LogP contribution < -0.4 is 0 Å². The van der Waals surface area contributed by atoms with Crippen LogP contribution in [0, 0.1) is 0 Å². The van der Waals surface area contributed by atoms with Crippen molar-refractivity contribution in [2.75, 3.05) is 13.1 Å². The molecule has 5 heteroatoms. The molecule has 1 saturated heterocycles. The molecule has 90 valence electrons. The number of likely N-dealkylation sites (tertiary alicyclic amines) is 1. The van der Waals surface area contributed by atoms with E-state index in [2.05, 4.69) is 42.4 Å². The molecule has 1 aliphatic heterocycles. The maximum atomic E-state index is 4.38. The van der Waals surface area contributed by atoms with Gasteiger partial charge in [0.1, 0.15) is 0 Å². The number of rotatable bonds is 2. The Hall–Kier alpha value is -0.940. The first-order chi connectivity index (χ1) is 8.31. The second-order valence-electron chi connectivity index (χ2n) is 4.39. The quantitative estimate of drug-likeness (QED) is 0.799. The molecule has 3 heterocycles. The lowest BCUT2D eigenvalue weighted by Crippen LogP contribution is -2.24. The highest BCUT2D eigenvalue weighted by atomic mass is 79.9. The number of hydrogen-bond acceptors (Lipinski definition) is 3. The van der Waals surface area contributed by atoms with Gasteiger partial charge in [-0.3, -0.25) is 9.30 Å². The smallest absolute Gasteiger partial charge is 0.161 e. The monoisotopic (exact) mass is 294 g/mol. The van der Waals surface area contributed by atoms with Crippen molar-refractivity contribution in [1.82, 2.24) is 19.5 Å². The van der Waals surface area contributed by atoms with E-state index in [1.807, 2.05) is 18.2 Å². The van der Waals surface area contributed by atoms with Gasteiger partial charge in [-0.1, -0.05) is 13.0 Å². The Morgan fingerprint density at radius 1 is 1.41 bits per heavy atom. The van der Waals surface area contributed by atoms with Gasteiger partial charge in [0.25, 0.3) is 0 Å². The number of fused-ring (bicyclic) bond motifs is 1. The molecule has 4 nitrogen and oxygen atoms in total. The lowest BCUT2D eigenvalue weighted by molar-refractivity contribution is 0.260. The fourth-order valence-electron chi connectivity index (χ4n) is 2.64. The molecule has 1 atom stereocenters. The molecule has 0 radical (unpaired) electrons. The number of hydrogen-bond donors (Lipinski definition) is 0. The highest BCUT2D eigenvalue weighted by Gasteiger charge is 2.28. The van der Waals surface area contributed by atoms with E-state index in [1.54, 1.807) is 0 Å². The summed E-state index contributed by atoms with van der Waals surface area (Å²) in [5.41, 5.74) is 0.914. The summed E-state index contributed by atoms with van der Waals surface area (Å²) in [5, 5.41) is 8.63. The lowest BCUT2D eigenvalue weighted by Gasteiger charge is -2.21. The normalized spacial score (nSPS) is 21.4. The summed E-state index contributed by atoms with van der Waals surface area (Å²) >= 11 is 3.58. The van der Waals surface area contributed by atoms with Gasteiger partial charge < -0.3 is 0 Å². The van der Waals surface area contributed by atoms with Gasteiger partial charge in [0.2, 0.25) is 0 Å². The van der Waals surface area contributed by atoms with E-state index < -0.39 is 0 Å². The molecule has 0 amide bonds. The average Bonchev–Trinajstić information content (AvgIpc) is 2.94. The minimum Gasteiger partial charge on any atom is -0.294 e. The highest BCUT2D eigenvalue weighted by Crippen LogP contribution is 2.31. The molecule has 2 aromatic heterocycles. The Labute approximate surface area is 109 Å². The van der Waals surface area contributed by atoms with E-state index in [0.29, 0.717) is 6.04 Å². The van der Waals surface area contributed by atoms with Gasteiger partial charge >= 0.3 is 0 Å². The van der Waals surface area contributed by atoms with Crippen LogP contribution >= 0.6 is 15.9 Å². The molecule has 17 heavy (non-hydrogen) atoms. The van der Waals surface area contributed by atoms with Crippen molar-refractivity contribution >= 4 is 21.6 Å². The average molecular weight is 295 g/mol. The molecule has 0 aromatic carbocycles. The first kappa shape index (κ1) is 11.2. The third-order valence-electron chi connectivity index (χ3n) is 3.47. The van der Waals surface area contributed by atoms with E-state index in [9.17, 15) is 0 Å². The van der Waals surface area contributed by atoms with Crippen LogP contribution in [0.4, 0.5) is 0 Å². The lowest BCUT2D eigenvalue weighted by atomic mass is 10.2. The second kappa shape index (κ2) is 4.38. The van der Waals surface area contributed by atoms with Gasteiger partial charge in [-0.05, 0) is 54.0 Å². The number of aromatic nitrogens is 3. The van der Waals surface area contributed by atoms with Gasteiger partial charge in [-0.25, -0.2) is 0 Å². The van der Waals surface area contributed by atoms with Crippen molar-refractivity contribution in [2.24, 2.45) is 0 Å². The SMILES string of the molecule is CCN1CCCC1c1nnc2cccc(Br)n12. The van der Waals surface area contributed by atoms with E-state index in [1.165, 1.54) is 19.4 Å². The van der Waals surface area contributed by atoms with E-state index in [0.717, 1.165) is 22.6 Å². The summed E-state index contributed by atoms with van der Waals surface area (Å²) in [5.74, 6) is 1.06. The topological polar surface area (TPSA) is 33.4 Å². The standard InChI is InChI=1S/C12H15BrN4/c1-2-16-8-4-5-9(16)12-15-14-11-7-3-6-10(13)17(11)12/h3,6-7,9H,2,4-5,8H2,1H3. The predicted octanol–water partition coefficient (Wildman–Crippen LogP) is 2.65. The van der Waals surface area contributed by atoms with Crippen molar-refractivity contribution < 1.29 is 0 Å². The summed E-state index contributed by atoms with van der Waals surface area (Å²) < 4.78 is 3.14. The molecule has 0 N–H and O–H groups in total. The van der Waals surface area contributed by atoms with Crippen LogP contribution in [0.2, 0.25) is 0 Å². The number of pyridine rings is 1. The van der Waals surface area contributed by atoms with Crippen molar-refractivity contribution in [2.45, 2.75) is 25.8 Å². The summed E-state index contributed by atoms with van der Waals surface area (Å²) in [6.07, 6.45) is 2.42. The Morgan fingerprint density at radius 3 is 3.12 bits per heavy atom. The van der Waals surface area contributed by atoms with Crippen LogP contribution in [0.15, 0.2) is 22.8 Å². The van der Waals surface area contributed by atoms with Crippen LogP contribution in [0.25, 0.3) is 5.65 Å². The zero-order valence-electron chi connectivity index (χ0n) is 9.80. The number of nitrogens with zero attached hydrogens (tertiary/aromatic N) is 4. The third kappa shape index (κ3) is 1.77. The molecular weight excluding hydrogens is 280 g/mol. The summed E-state index contributed by atoms with van der Waals surface area (Å²) in [4.78, 5) is 2.47. The Kier molecular flexibility index (Phi) is 2.88. The molecule has 1 fully saturated rings. The van der Waals surface area contributed by atoms with Crippen molar-refractivity contribution in [3.05, 3.63) is 28.6 Å². The number of halogens is 1. The predicted molar refractivity (Wildman–Crippen MR) is 69.9 cm³/mol. The third-order valence-corrected chi connectivity index (χ3v) is 4.09. The first-order valence-corrected chi connectivity index (χ1v) is 6.84. The van der Waals surface area contributed by atoms with Crippen molar-refractivity contribution in [3.8, 4) is 0 Å². The fraction of sp³-hybridized carbons (Fsp3) is 0.500. The summed E-state index contributed by atoms with van der Waals surface area (Å²) in [6.45, 7) is 4.45. The maximum Gasteiger partial charge on any atom is 0.161 e. The first-order valence-electron chi connectivity index (χ1n) is 6.05. The molecule has 0 spiro atoms. The molecule has 0 saturated carbocycles. The minimum atomic E-state index is 0.411. The maximum absolute atomic E-state index is 4.38. The van der Waals surface area contributed by atoms with E-state index >= 15 is 0 Å². The van der Waals surface area contributed by atoms with Crippen molar-refractivity contribution in [3.63, 3.8) is 0 Å². The zero-order chi connectivity index (χ0) is 11.8. The van der Waals surface area contributed by atoms with Gasteiger partial charge in [0.15, 0.2) is 11.5 Å². The molecule has 0 bridgehead atoms. The summed E-state index contributed by atoms with van der Waals surface area (Å²) in [6, 6.07) is 6.43. The summed E-state index contributed by atoms with van der Waals surface area (Å²) in [7, 11) is 0. The Morgan fingerprint density at radius 2 is 2.29 bits per heavy atom. The second-order valence-corrected chi connectivity index (χ2v) is 5.20. The van der Waals surface area contributed by atoms with E-state index in [-0.39, 0.29) is 0 Å². The largest absolute Gasteiger partial charge is 0.294 e. The van der Waals surface area contributed by atoms with Gasteiger partial charge in [0.05, 0.1) is 10.6 Å². The minimum absolute atomic E-state index is 0.411. The molecule has 2 aromatic rings. The Bertz CT molecular complexity index is 536. The highest BCUT2D eigenvalue weighted by molar-refractivity contribution is 9.10. The molecule has 3 rings (SSSR count). The Balaban J connectivity index is 2.11. The van der Waals surface area contributed by atoms with Crippen LogP contribution in [0.3, 0.4) is 0 Å². The zero-order valence-corrected chi connectivity index (χ0v) is 11.4. The fourth-order valence-corrected chi connectivity index (χ4v) is 3.15. The van der Waals surface area contributed by atoms with Crippen LogP contribution in [-0.2, 0) is 0 Å². The molecular formula is C12H15BrN4. The van der Waals surface area contributed by atoms with Crippen LogP contribution in [0.5, 0.6) is 0 Å². The van der Waals surface area contributed by atoms with E-state index in [4.69, 9.17) is 0 Å². The van der Waals surface area contributed by atoms with Crippen LogP contribution in [0.1, 0.15) is 31.6 Å². The van der Waals surface area contributed by atoms with Crippen LogP contribution in [-0.4, -0.2) is 32.6 Å². The van der Waals surface area contributed by atoms with Crippen molar-refractivity contribution in [1.29, 1.82) is 0 Å². The van der Waals surface area contributed by atoms with Gasteiger partial charge in [-0.15, -0.1) is 10.2 Å². The molecule has 0 aliphatic carbocycles. The molecule has 1 unspecified atom stereocenters. The molecule has 1 aliphatic rings. The van der Waals surface area contributed by atoms with Gasteiger partial charge in [0, 0.05) is 0 Å².